The molecule has 30 heavy (non-hydrogen) atoms. The standard InChI is InChI=1S/C21H20F2N4O2S/c1-13-7-14(2)9-16(8-13)27-6-5-24-21(27)30-12-20(29)25-11-19(28)26-15-3-4-17(22)18(23)10-15/h3-10H,11-12H2,1-2H3,(H,25,29)(H,26,28). The van der Waals surface area contributed by atoms with Gasteiger partial charge >= 0.3 is 0 Å². The summed E-state index contributed by atoms with van der Waals surface area (Å²) in [5, 5.41) is 5.54. The van der Waals surface area contributed by atoms with Crippen LogP contribution in [0, 0.1) is 25.5 Å². The third kappa shape index (κ3) is 5.66. The number of thioether (sulfide) groups is 1. The first-order valence-corrected chi connectivity index (χ1v) is 10.1. The number of carbonyl (C=O) groups excluding carboxylic acids is 2. The number of nitrogens with one attached hydrogen (secondary N) is 2. The zero-order valence-corrected chi connectivity index (χ0v) is 17.2. The molecule has 0 saturated carbocycles. The monoisotopic (exact) mass is 430 g/mol. The quantitative estimate of drug-likeness (QED) is 0.562. The second kappa shape index (κ2) is 9.53. The van der Waals surface area contributed by atoms with Crippen LogP contribution in [0.15, 0.2) is 53.9 Å². The Morgan fingerprint density at radius 3 is 2.47 bits per heavy atom. The second-order valence-electron chi connectivity index (χ2n) is 6.67. The maximum atomic E-state index is 13.2. The predicted octanol–water partition coefficient (Wildman–Crippen LogP) is 3.61. The van der Waals surface area contributed by atoms with Gasteiger partial charge in [0.25, 0.3) is 0 Å². The van der Waals surface area contributed by atoms with Gasteiger partial charge in [0.1, 0.15) is 0 Å². The van der Waals surface area contributed by atoms with Crippen LogP contribution in [-0.4, -0.2) is 33.7 Å². The van der Waals surface area contributed by atoms with Gasteiger partial charge in [-0.2, -0.15) is 0 Å². The number of hydrogen-bond donors (Lipinski definition) is 2. The van der Waals surface area contributed by atoms with E-state index in [9.17, 15) is 18.4 Å². The van der Waals surface area contributed by atoms with Crippen molar-refractivity contribution in [3.63, 3.8) is 0 Å². The lowest BCUT2D eigenvalue weighted by Gasteiger charge is -2.10. The largest absolute Gasteiger partial charge is 0.346 e. The first-order chi connectivity index (χ1) is 14.3. The van der Waals surface area contributed by atoms with Crippen LogP contribution in [0.4, 0.5) is 14.5 Å². The Balaban J connectivity index is 1.51. The molecule has 6 nitrogen and oxygen atoms in total. The third-order valence-electron chi connectivity index (χ3n) is 4.07. The minimum absolute atomic E-state index is 0.0697. The first-order valence-electron chi connectivity index (χ1n) is 9.08. The van der Waals surface area contributed by atoms with Crippen molar-refractivity contribution in [3.05, 3.63) is 71.6 Å². The molecular weight excluding hydrogens is 410 g/mol. The van der Waals surface area contributed by atoms with E-state index in [0.29, 0.717) is 5.16 Å². The molecule has 0 bridgehead atoms. The number of rotatable bonds is 7. The van der Waals surface area contributed by atoms with E-state index < -0.39 is 17.5 Å². The number of nitrogens with zero attached hydrogens (tertiary/aromatic N) is 2. The summed E-state index contributed by atoms with van der Waals surface area (Å²) in [5.41, 5.74) is 3.32. The number of hydrogen-bond acceptors (Lipinski definition) is 4. The molecule has 0 aliphatic heterocycles. The van der Waals surface area contributed by atoms with Crippen molar-refractivity contribution >= 4 is 29.3 Å². The van der Waals surface area contributed by atoms with Crippen LogP contribution in [0.1, 0.15) is 11.1 Å². The maximum absolute atomic E-state index is 13.2. The zero-order chi connectivity index (χ0) is 21.7. The smallest absolute Gasteiger partial charge is 0.243 e. The van der Waals surface area contributed by atoms with Gasteiger partial charge in [-0.15, -0.1) is 0 Å². The van der Waals surface area contributed by atoms with Gasteiger partial charge in [-0.3, -0.25) is 14.2 Å². The summed E-state index contributed by atoms with van der Waals surface area (Å²) in [6.45, 7) is 3.74. The molecule has 1 heterocycles. The highest BCUT2D eigenvalue weighted by Crippen LogP contribution is 2.22. The average molecular weight is 430 g/mol. The summed E-state index contributed by atoms with van der Waals surface area (Å²) >= 11 is 1.24. The van der Waals surface area contributed by atoms with E-state index >= 15 is 0 Å². The minimum Gasteiger partial charge on any atom is -0.346 e. The Hall–Kier alpha value is -3.20. The summed E-state index contributed by atoms with van der Waals surface area (Å²) in [5.74, 6) is -2.89. The summed E-state index contributed by atoms with van der Waals surface area (Å²) in [6, 6.07) is 9.16. The number of halogens is 2. The van der Waals surface area contributed by atoms with Gasteiger partial charge in [-0.25, -0.2) is 13.8 Å². The lowest BCUT2D eigenvalue weighted by molar-refractivity contribution is -0.122. The number of carbonyl (C=O) groups is 2. The van der Waals surface area contributed by atoms with Gasteiger partial charge in [0.2, 0.25) is 11.8 Å². The number of amides is 2. The van der Waals surface area contributed by atoms with Gasteiger partial charge in [0, 0.05) is 29.8 Å². The van der Waals surface area contributed by atoms with Crippen LogP contribution in [0.25, 0.3) is 5.69 Å². The van der Waals surface area contributed by atoms with Crippen LogP contribution in [0.2, 0.25) is 0 Å². The topological polar surface area (TPSA) is 76.0 Å². The molecule has 0 aliphatic carbocycles. The summed E-state index contributed by atoms with van der Waals surface area (Å²) < 4.78 is 28.0. The van der Waals surface area contributed by atoms with Crippen LogP contribution in [0.5, 0.6) is 0 Å². The third-order valence-corrected chi connectivity index (χ3v) is 5.04. The van der Waals surface area contributed by atoms with Crippen LogP contribution in [-0.2, 0) is 9.59 Å². The summed E-state index contributed by atoms with van der Waals surface area (Å²) in [4.78, 5) is 28.3. The fourth-order valence-corrected chi connectivity index (χ4v) is 3.62. The Bertz CT molecular complexity index is 1060. The fraction of sp³-hybridized carbons (Fsp3) is 0.190. The maximum Gasteiger partial charge on any atom is 0.243 e. The van der Waals surface area contributed by atoms with Crippen molar-refractivity contribution in [2.24, 2.45) is 0 Å². The molecule has 2 amide bonds. The molecule has 0 fully saturated rings. The molecule has 0 radical (unpaired) electrons. The second-order valence-corrected chi connectivity index (χ2v) is 7.61. The van der Waals surface area contributed by atoms with E-state index in [1.54, 1.807) is 6.20 Å². The minimum atomic E-state index is -1.06. The summed E-state index contributed by atoms with van der Waals surface area (Å²) in [6.07, 6.45) is 3.48. The van der Waals surface area contributed by atoms with E-state index in [-0.39, 0.29) is 23.9 Å². The van der Waals surface area contributed by atoms with Crippen molar-refractivity contribution in [3.8, 4) is 5.69 Å². The van der Waals surface area contributed by atoms with Crippen LogP contribution >= 0.6 is 11.8 Å². The Morgan fingerprint density at radius 2 is 1.77 bits per heavy atom. The molecule has 2 aromatic carbocycles. The van der Waals surface area contributed by atoms with Crippen molar-refractivity contribution < 1.29 is 18.4 Å². The SMILES string of the molecule is Cc1cc(C)cc(-n2ccnc2SCC(=O)NCC(=O)Nc2ccc(F)c(F)c2)c1. The van der Waals surface area contributed by atoms with Crippen LogP contribution in [0.3, 0.4) is 0 Å². The predicted molar refractivity (Wildman–Crippen MR) is 112 cm³/mol. The number of aryl methyl sites for hydroxylation is 2. The highest BCUT2D eigenvalue weighted by atomic mass is 32.2. The van der Waals surface area contributed by atoms with Gasteiger partial charge in [-0.1, -0.05) is 17.8 Å². The normalized spacial score (nSPS) is 10.7. The highest BCUT2D eigenvalue weighted by Gasteiger charge is 2.12. The van der Waals surface area contributed by atoms with Crippen molar-refractivity contribution in [1.82, 2.24) is 14.9 Å². The molecule has 0 saturated heterocycles. The number of imidazole rings is 1. The highest BCUT2D eigenvalue weighted by molar-refractivity contribution is 7.99. The molecule has 2 N–H and O–H groups in total. The number of benzene rings is 2. The van der Waals surface area contributed by atoms with Gasteiger partial charge in [0.05, 0.1) is 12.3 Å². The molecule has 1 aromatic heterocycles. The lowest BCUT2D eigenvalue weighted by atomic mass is 10.1. The molecule has 9 heteroatoms. The first kappa shape index (κ1) is 21.5. The molecule has 156 valence electrons. The molecule has 3 rings (SSSR count). The Kier molecular flexibility index (Phi) is 6.83. The summed E-state index contributed by atoms with van der Waals surface area (Å²) in [7, 11) is 0. The van der Waals surface area contributed by atoms with E-state index in [1.165, 1.54) is 17.8 Å². The van der Waals surface area contributed by atoms with Gasteiger partial charge in [-0.05, 0) is 49.2 Å². The van der Waals surface area contributed by atoms with E-state index in [2.05, 4.69) is 21.7 Å². The molecule has 0 unspecified atom stereocenters. The van der Waals surface area contributed by atoms with E-state index in [0.717, 1.165) is 28.9 Å². The van der Waals surface area contributed by atoms with Crippen molar-refractivity contribution in [1.29, 1.82) is 0 Å². The van der Waals surface area contributed by atoms with Crippen molar-refractivity contribution in [2.45, 2.75) is 19.0 Å². The Morgan fingerprint density at radius 1 is 1.03 bits per heavy atom. The van der Waals surface area contributed by atoms with E-state index in [1.807, 2.05) is 36.7 Å². The fourth-order valence-electron chi connectivity index (χ4n) is 2.82. The number of aromatic nitrogens is 2. The number of anilines is 1. The molecule has 0 aliphatic rings. The zero-order valence-electron chi connectivity index (χ0n) is 16.4. The van der Waals surface area contributed by atoms with Crippen molar-refractivity contribution in [2.75, 3.05) is 17.6 Å². The average Bonchev–Trinajstić information content (AvgIpc) is 3.15. The van der Waals surface area contributed by atoms with Crippen LogP contribution < -0.4 is 10.6 Å². The molecule has 0 atom stereocenters. The van der Waals surface area contributed by atoms with Gasteiger partial charge < -0.3 is 10.6 Å². The van der Waals surface area contributed by atoms with Gasteiger partial charge in [0.15, 0.2) is 16.8 Å². The Labute approximate surface area is 176 Å². The lowest BCUT2D eigenvalue weighted by Crippen LogP contribution is -2.34. The molecular formula is C21H20F2N4O2S. The van der Waals surface area contributed by atoms with E-state index in [4.69, 9.17) is 0 Å². The molecule has 0 spiro atoms. The molecule has 3 aromatic rings.